The van der Waals surface area contributed by atoms with Crippen LogP contribution in [0.4, 0.5) is 5.69 Å². The molecule has 0 fully saturated rings. The van der Waals surface area contributed by atoms with Crippen molar-refractivity contribution in [3.05, 3.63) is 28.2 Å². The molecule has 0 radical (unpaired) electrons. The summed E-state index contributed by atoms with van der Waals surface area (Å²) in [6.45, 7) is 2.37. The molecule has 4 heteroatoms. The Hall–Kier alpha value is -0.250. The van der Waals surface area contributed by atoms with Crippen LogP contribution in [-0.4, -0.2) is 13.2 Å². The number of anilines is 1. The Balaban J connectivity index is 0.000000845. The van der Waals surface area contributed by atoms with Crippen molar-refractivity contribution in [3.63, 3.8) is 0 Å². The number of ether oxygens (including phenoxy) is 1. The van der Waals surface area contributed by atoms with Gasteiger partial charge in [-0.25, -0.2) is 0 Å². The van der Waals surface area contributed by atoms with Gasteiger partial charge in [0.2, 0.25) is 0 Å². The van der Waals surface area contributed by atoms with Crippen LogP contribution < -0.4 is 5.32 Å². The molecule has 0 aliphatic carbocycles. The summed E-state index contributed by atoms with van der Waals surface area (Å²) in [7, 11) is 0. The molecule has 1 aromatic carbocycles. The van der Waals surface area contributed by atoms with Crippen LogP contribution in [0.2, 0.25) is 0 Å². The molecule has 2 rings (SSSR count). The van der Waals surface area contributed by atoms with E-state index in [0.29, 0.717) is 6.61 Å². The van der Waals surface area contributed by atoms with Crippen LogP contribution in [0.3, 0.4) is 0 Å². The second-order valence-electron chi connectivity index (χ2n) is 2.75. The molecule has 0 aromatic heterocycles. The molecule has 1 heterocycles. The third-order valence-corrected chi connectivity index (χ3v) is 2.67. The first-order valence-corrected chi connectivity index (χ1v) is 4.76. The van der Waals surface area contributed by atoms with Crippen LogP contribution in [0.1, 0.15) is 5.56 Å². The Morgan fingerprint density at radius 3 is 3.08 bits per heavy atom. The molecule has 72 valence electrons. The van der Waals surface area contributed by atoms with E-state index in [0.717, 1.165) is 17.6 Å². The van der Waals surface area contributed by atoms with E-state index in [9.17, 15) is 0 Å². The molecule has 1 N–H and O–H groups in total. The molecule has 0 bridgehead atoms. The minimum atomic E-state index is 0. The fourth-order valence-electron chi connectivity index (χ4n) is 1.30. The summed E-state index contributed by atoms with van der Waals surface area (Å²) in [4.78, 5) is 0. The van der Waals surface area contributed by atoms with Gasteiger partial charge in [0.15, 0.2) is 0 Å². The molecule has 1 aliphatic rings. The molecule has 13 heavy (non-hydrogen) atoms. The van der Waals surface area contributed by atoms with E-state index < -0.39 is 0 Å². The van der Waals surface area contributed by atoms with Gasteiger partial charge in [-0.3, -0.25) is 0 Å². The summed E-state index contributed by atoms with van der Waals surface area (Å²) in [6, 6.07) is 6.14. The van der Waals surface area contributed by atoms with Crippen LogP contribution in [0.15, 0.2) is 22.7 Å². The van der Waals surface area contributed by atoms with Crippen molar-refractivity contribution in [1.82, 2.24) is 0 Å². The zero-order valence-electron chi connectivity index (χ0n) is 7.05. The number of hydrogen-bond donors (Lipinski definition) is 1. The van der Waals surface area contributed by atoms with E-state index in [4.69, 9.17) is 4.74 Å². The van der Waals surface area contributed by atoms with Crippen molar-refractivity contribution >= 4 is 34.0 Å². The number of hydrogen-bond acceptors (Lipinski definition) is 2. The zero-order chi connectivity index (χ0) is 8.39. The topological polar surface area (TPSA) is 21.3 Å². The first kappa shape index (κ1) is 10.8. The maximum atomic E-state index is 5.41. The summed E-state index contributed by atoms with van der Waals surface area (Å²) in [6.07, 6.45) is 0. The summed E-state index contributed by atoms with van der Waals surface area (Å²) in [5.74, 6) is 0. The standard InChI is InChI=1S/C9H10BrNO.ClH/c10-8-2-1-3-9-7(8)6-12-5-4-11-9;/h1-3,11H,4-6H2;1H. The van der Waals surface area contributed by atoms with Crippen molar-refractivity contribution in [2.45, 2.75) is 6.61 Å². The SMILES string of the molecule is Brc1cccc2c1COCCN2.Cl. The normalized spacial score (nSPS) is 14.8. The van der Waals surface area contributed by atoms with Gasteiger partial charge < -0.3 is 10.1 Å². The monoisotopic (exact) mass is 263 g/mol. The predicted octanol–water partition coefficient (Wildman–Crippen LogP) is 2.81. The Labute approximate surface area is 92.2 Å². The van der Waals surface area contributed by atoms with Gasteiger partial charge in [0.25, 0.3) is 0 Å². The summed E-state index contributed by atoms with van der Waals surface area (Å²) >= 11 is 3.50. The minimum Gasteiger partial charge on any atom is -0.382 e. The summed E-state index contributed by atoms with van der Waals surface area (Å²) < 4.78 is 6.53. The second-order valence-corrected chi connectivity index (χ2v) is 3.60. The maximum Gasteiger partial charge on any atom is 0.0749 e. The summed E-state index contributed by atoms with van der Waals surface area (Å²) in [5, 5.41) is 3.31. The van der Waals surface area contributed by atoms with E-state index >= 15 is 0 Å². The number of benzene rings is 1. The van der Waals surface area contributed by atoms with E-state index in [2.05, 4.69) is 27.3 Å². The van der Waals surface area contributed by atoms with E-state index in [-0.39, 0.29) is 12.4 Å². The Morgan fingerprint density at radius 2 is 2.23 bits per heavy atom. The Bertz CT molecular complexity index is 293. The van der Waals surface area contributed by atoms with Crippen LogP contribution >= 0.6 is 28.3 Å². The van der Waals surface area contributed by atoms with Crippen LogP contribution in [0.25, 0.3) is 0 Å². The number of nitrogens with one attached hydrogen (secondary N) is 1. The van der Waals surface area contributed by atoms with Gasteiger partial charge in [0.1, 0.15) is 0 Å². The van der Waals surface area contributed by atoms with Crippen molar-refractivity contribution in [2.75, 3.05) is 18.5 Å². The third kappa shape index (κ3) is 2.36. The number of halogens is 2. The van der Waals surface area contributed by atoms with Gasteiger partial charge in [-0.05, 0) is 12.1 Å². The van der Waals surface area contributed by atoms with Crippen LogP contribution in [-0.2, 0) is 11.3 Å². The molecule has 1 aromatic rings. The highest BCUT2D eigenvalue weighted by Gasteiger charge is 2.09. The molecule has 0 atom stereocenters. The highest BCUT2D eigenvalue weighted by molar-refractivity contribution is 9.10. The lowest BCUT2D eigenvalue weighted by Crippen LogP contribution is -2.04. The number of rotatable bonds is 0. The fraction of sp³-hybridized carbons (Fsp3) is 0.333. The average Bonchev–Trinajstić information content (AvgIpc) is 2.30. The van der Waals surface area contributed by atoms with Gasteiger partial charge in [0.05, 0.1) is 13.2 Å². The molecular formula is C9H11BrClNO. The lowest BCUT2D eigenvalue weighted by molar-refractivity contribution is 0.134. The molecule has 0 unspecified atom stereocenters. The van der Waals surface area contributed by atoms with E-state index in [1.54, 1.807) is 0 Å². The van der Waals surface area contributed by atoms with Gasteiger partial charge >= 0.3 is 0 Å². The first-order chi connectivity index (χ1) is 5.88. The quantitative estimate of drug-likeness (QED) is 0.778. The highest BCUT2D eigenvalue weighted by atomic mass is 79.9. The maximum absolute atomic E-state index is 5.41. The van der Waals surface area contributed by atoms with Crippen LogP contribution in [0.5, 0.6) is 0 Å². The van der Waals surface area contributed by atoms with E-state index in [1.165, 1.54) is 11.3 Å². The molecule has 0 saturated carbocycles. The van der Waals surface area contributed by atoms with Crippen LogP contribution in [0, 0.1) is 0 Å². The minimum absolute atomic E-state index is 0. The largest absolute Gasteiger partial charge is 0.382 e. The van der Waals surface area contributed by atoms with Crippen molar-refractivity contribution in [2.24, 2.45) is 0 Å². The predicted molar refractivity (Wildman–Crippen MR) is 59.5 cm³/mol. The molecular weight excluding hydrogens is 253 g/mol. The van der Waals surface area contributed by atoms with Crippen molar-refractivity contribution in [3.8, 4) is 0 Å². The van der Waals surface area contributed by atoms with Crippen molar-refractivity contribution < 1.29 is 4.74 Å². The zero-order valence-corrected chi connectivity index (χ0v) is 9.45. The molecule has 2 nitrogen and oxygen atoms in total. The lowest BCUT2D eigenvalue weighted by Gasteiger charge is -2.07. The van der Waals surface area contributed by atoms with Gasteiger partial charge in [0, 0.05) is 22.3 Å². The number of fused-ring (bicyclic) bond motifs is 1. The van der Waals surface area contributed by atoms with Crippen molar-refractivity contribution in [1.29, 1.82) is 0 Å². The summed E-state index contributed by atoms with van der Waals surface area (Å²) in [5.41, 5.74) is 2.40. The lowest BCUT2D eigenvalue weighted by atomic mass is 10.2. The second kappa shape index (κ2) is 4.84. The van der Waals surface area contributed by atoms with Gasteiger partial charge in [-0.15, -0.1) is 12.4 Å². The molecule has 0 saturated heterocycles. The molecule has 0 amide bonds. The third-order valence-electron chi connectivity index (χ3n) is 1.93. The van der Waals surface area contributed by atoms with Gasteiger partial charge in [-0.1, -0.05) is 22.0 Å². The van der Waals surface area contributed by atoms with E-state index in [1.807, 2.05) is 12.1 Å². The van der Waals surface area contributed by atoms with Gasteiger partial charge in [-0.2, -0.15) is 0 Å². The Kier molecular flexibility index (Phi) is 4.03. The first-order valence-electron chi connectivity index (χ1n) is 3.97. The molecule has 0 spiro atoms. The average molecular weight is 265 g/mol. The highest BCUT2D eigenvalue weighted by Crippen LogP contribution is 2.26. The fourth-order valence-corrected chi connectivity index (χ4v) is 1.78. The molecule has 1 aliphatic heterocycles. The Morgan fingerprint density at radius 1 is 1.38 bits per heavy atom. The smallest absolute Gasteiger partial charge is 0.0749 e.